The smallest absolute Gasteiger partial charge is 0.0698 e. The molecule has 0 aromatic heterocycles. The van der Waals surface area contributed by atoms with Crippen molar-refractivity contribution in [2.75, 3.05) is 0 Å². The number of para-hydroxylation sites is 2. The largest absolute Gasteiger partial charge is 0.257 e. The highest BCUT2D eigenvalue weighted by Crippen LogP contribution is 2.42. The number of aliphatic imine (C=N–C) groups is 2. The first kappa shape index (κ1) is 28.8. The van der Waals surface area contributed by atoms with Gasteiger partial charge in [-0.3, -0.25) is 9.98 Å². The molecular formula is C36H52N2. The van der Waals surface area contributed by atoms with Crippen molar-refractivity contribution in [3.8, 4) is 0 Å². The fourth-order valence-electron chi connectivity index (χ4n) is 6.76. The lowest BCUT2D eigenvalue weighted by Gasteiger charge is -2.36. The summed E-state index contributed by atoms with van der Waals surface area (Å²) in [6, 6.07) is 13.7. The summed E-state index contributed by atoms with van der Waals surface area (Å²) in [4.78, 5) is 11.2. The summed E-state index contributed by atoms with van der Waals surface area (Å²) < 4.78 is 0. The van der Waals surface area contributed by atoms with Crippen LogP contribution in [0.15, 0.2) is 46.4 Å². The van der Waals surface area contributed by atoms with Gasteiger partial charge in [-0.25, -0.2) is 0 Å². The van der Waals surface area contributed by atoms with Crippen molar-refractivity contribution < 1.29 is 0 Å². The van der Waals surface area contributed by atoms with Gasteiger partial charge in [0.25, 0.3) is 0 Å². The Morgan fingerprint density at radius 2 is 0.816 bits per heavy atom. The van der Waals surface area contributed by atoms with E-state index in [-0.39, 0.29) is 0 Å². The zero-order valence-corrected chi connectivity index (χ0v) is 25.5. The molecule has 0 radical (unpaired) electrons. The standard InChI is InChI=1S/C36H52N2/c1-23(2)27-17-13-18-28(24(3)4)35(27)37-33-21-11-9-15-31(33)32-16-10-12-22-34(32)38-36-29(25(5)6)19-14-20-30(36)26(7)8/h13-14,17-20,23-26,31-32H,9-12,15-16,21-22H2,1-8H3/t31-,32-/m1/s1. The molecule has 0 spiro atoms. The van der Waals surface area contributed by atoms with Crippen molar-refractivity contribution in [3.63, 3.8) is 0 Å². The molecule has 206 valence electrons. The summed E-state index contributed by atoms with van der Waals surface area (Å²) in [6.45, 7) is 18.5. The fraction of sp³-hybridized carbons (Fsp3) is 0.611. The van der Waals surface area contributed by atoms with Gasteiger partial charge in [0, 0.05) is 23.3 Å². The first-order chi connectivity index (χ1) is 18.2. The summed E-state index contributed by atoms with van der Waals surface area (Å²) in [5, 5.41) is 0. The van der Waals surface area contributed by atoms with Crippen LogP contribution in [0.5, 0.6) is 0 Å². The molecular weight excluding hydrogens is 460 g/mol. The van der Waals surface area contributed by atoms with Gasteiger partial charge in [-0.15, -0.1) is 0 Å². The molecule has 2 nitrogen and oxygen atoms in total. The molecule has 0 unspecified atom stereocenters. The number of hydrogen-bond donors (Lipinski definition) is 0. The first-order valence-corrected chi connectivity index (χ1v) is 15.6. The SMILES string of the molecule is CC(C)c1cccc(C(C)C)c1N=C1CCCC[C@@H]1[C@H]1CCCCC1=Nc1c(C(C)C)cccc1C(C)C. The fourth-order valence-corrected chi connectivity index (χ4v) is 6.76. The minimum Gasteiger partial charge on any atom is -0.257 e. The summed E-state index contributed by atoms with van der Waals surface area (Å²) >= 11 is 0. The molecule has 0 saturated heterocycles. The van der Waals surface area contributed by atoms with E-state index in [2.05, 4.69) is 91.8 Å². The maximum Gasteiger partial charge on any atom is 0.0698 e. The Balaban J connectivity index is 1.80. The monoisotopic (exact) mass is 512 g/mol. The highest BCUT2D eigenvalue weighted by Gasteiger charge is 2.34. The summed E-state index contributed by atoms with van der Waals surface area (Å²) in [6.07, 6.45) is 9.95. The average Bonchev–Trinajstić information content (AvgIpc) is 2.89. The van der Waals surface area contributed by atoms with Crippen molar-refractivity contribution in [1.29, 1.82) is 0 Å². The molecule has 2 heteroatoms. The second kappa shape index (κ2) is 12.8. The molecule has 38 heavy (non-hydrogen) atoms. The Labute approximate surface area is 233 Å². The van der Waals surface area contributed by atoms with Gasteiger partial charge < -0.3 is 0 Å². The van der Waals surface area contributed by atoms with E-state index in [1.54, 1.807) is 0 Å². The highest BCUT2D eigenvalue weighted by atomic mass is 14.8. The van der Waals surface area contributed by atoms with Gasteiger partial charge in [-0.05, 0) is 84.5 Å². The van der Waals surface area contributed by atoms with Gasteiger partial charge in [0.05, 0.1) is 11.4 Å². The molecule has 4 rings (SSSR count). The van der Waals surface area contributed by atoms with Crippen molar-refractivity contribution in [3.05, 3.63) is 58.7 Å². The Bertz CT molecular complexity index is 1000. The highest BCUT2D eigenvalue weighted by molar-refractivity contribution is 5.98. The van der Waals surface area contributed by atoms with Crippen LogP contribution in [0.4, 0.5) is 11.4 Å². The van der Waals surface area contributed by atoms with E-state index < -0.39 is 0 Å². The van der Waals surface area contributed by atoms with Gasteiger partial charge in [0.15, 0.2) is 0 Å². The third-order valence-electron chi connectivity index (χ3n) is 8.93. The Kier molecular flexibility index (Phi) is 9.66. The van der Waals surface area contributed by atoms with E-state index in [0.717, 1.165) is 12.8 Å². The third-order valence-corrected chi connectivity index (χ3v) is 8.93. The van der Waals surface area contributed by atoms with E-state index in [0.29, 0.717) is 35.5 Å². The molecule has 2 aliphatic rings. The van der Waals surface area contributed by atoms with Crippen LogP contribution in [0, 0.1) is 11.8 Å². The van der Waals surface area contributed by atoms with Crippen molar-refractivity contribution >= 4 is 22.8 Å². The van der Waals surface area contributed by atoms with Crippen LogP contribution in [0.1, 0.15) is 153 Å². The Morgan fingerprint density at radius 1 is 0.500 bits per heavy atom. The molecule has 2 aromatic rings. The predicted molar refractivity (Wildman–Crippen MR) is 167 cm³/mol. The average molecular weight is 513 g/mol. The molecule has 2 aliphatic carbocycles. The number of hydrogen-bond acceptors (Lipinski definition) is 2. The lowest BCUT2D eigenvalue weighted by molar-refractivity contribution is 0.391. The molecule has 2 aromatic carbocycles. The second-order valence-electron chi connectivity index (χ2n) is 13.1. The van der Waals surface area contributed by atoms with Gasteiger partial charge >= 0.3 is 0 Å². The summed E-state index contributed by atoms with van der Waals surface area (Å²) in [7, 11) is 0. The number of rotatable bonds is 7. The van der Waals surface area contributed by atoms with Crippen LogP contribution in [-0.2, 0) is 0 Å². The summed E-state index contributed by atoms with van der Waals surface area (Å²) in [5.74, 6) is 2.95. The van der Waals surface area contributed by atoms with Gasteiger partial charge in [0.2, 0.25) is 0 Å². The quantitative estimate of drug-likeness (QED) is 0.352. The zero-order chi connectivity index (χ0) is 27.4. The van der Waals surface area contributed by atoms with E-state index >= 15 is 0 Å². The van der Waals surface area contributed by atoms with Crippen LogP contribution in [0.2, 0.25) is 0 Å². The lowest BCUT2D eigenvalue weighted by atomic mass is 9.71. The van der Waals surface area contributed by atoms with E-state index in [9.17, 15) is 0 Å². The van der Waals surface area contributed by atoms with Gasteiger partial charge in [-0.1, -0.05) is 105 Å². The van der Waals surface area contributed by atoms with E-state index in [1.165, 1.54) is 83.6 Å². The van der Waals surface area contributed by atoms with Gasteiger partial charge in [0.1, 0.15) is 0 Å². The number of nitrogens with zero attached hydrogens (tertiary/aromatic N) is 2. The maximum absolute atomic E-state index is 5.61. The van der Waals surface area contributed by atoms with Crippen molar-refractivity contribution in [2.45, 2.75) is 130 Å². The molecule has 0 heterocycles. The van der Waals surface area contributed by atoms with Gasteiger partial charge in [-0.2, -0.15) is 0 Å². The van der Waals surface area contributed by atoms with Crippen LogP contribution in [0.3, 0.4) is 0 Å². The molecule has 2 fully saturated rings. The van der Waals surface area contributed by atoms with E-state index in [4.69, 9.17) is 9.98 Å². The molecule has 2 saturated carbocycles. The summed E-state index contributed by atoms with van der Waals surface area (Å²) in [5.41, 5.74) is 11.0. The Hall–Kier alpha value is -2.22. The molecule has 0 bridgehead atoms. The maximum atomic E-state index is 5.61. The minimum absolute atomic E-state index is 0.476. The normalized spacial score (nSPS) is 22.9. The van der Waals surface area contributed by atoms with Crippen molar-refractivity contribution in [1.82, 2.24) is 0 Å². The predicted octanol–water partition coefficient (Wildman–Crippen LogP) is 11.4. The lowest BCUT2D eigenvalue weighted by Crippen LogP contribution is -2.34. The molecule has 2 atom stereocenters. The number of benzene rings is 2. The van der Waals surface area contributed by atoms with E-state index in [1.807, 2.05) is 0 Å². The Morgan fingerprint density at radius 3 is 1.11 bits per heavy atom. The molecule has 0 amide bonds. The van der Waals surface area contributed by atoms with Crippen LogP contribution in [0.25, 0.3) is 0 Å². The topological polar surface area (TPSA) is 24.7 Å². The minimum atomic E-state index is 0.476. The van der Waals surface area contributed by atoms with Crippen LogP contribution < -0.4 is 0 Å². The van der Waals surface area contributed by atoms with Crippen LogP contribution >= 0.6 is 0 Å². The molecule has 0 aliphatic heterocycles. The zero-order valence-electron chi connectivity index (χ0n) is 25.5. The van der Waals surface area contributed by atoms with Crippen molar-refractivity contribution in [2.24, 2.45) is 21.8 Å². The first-order valence-electron chi connectivity index (χ1n) is 15.6. The third kappa shape index (κ3) is 6.32. The second-order valence-corrected chi connectivity index (χ2v) is 13.1. The van der Waals surface area contributed by atoms with Crippen LogP contribution in [-0.4, -0.2) is 11.4 Å². The molecule has 0 N–H and O–H groups in total.